The highest BCUT2D eigenvalue weighted by Gasteiger charge is 2.29. The molecule has 2 unspecified atom stereocenters. The van der Waals surface area contributed by atoms with E-state index < -0.39 is 0 Å². The number of halogens is 1. The maximum atomic E-state index is 6.11. The molecule has 16 heavy (non-hydrogen) atoms. The van der Waals surface area contributed by atoms with E-state index in [4.69, 9.17) is 11.6 Å². The SMILES string of the molecule is Clc1ccc2c(c1)C(C1CCNC1)CCN2. The van der Waals surface area contributed by atoms with Gasteiger partial charge in [0.15, 0.2) is 0 Å². The first-order valence-electron chi connectivity index (χ1n) is 6.08. The van der Waals surface area contributed by atoms with Gasteiger partial charge in [0.2, 0.25) is 0 Å². The second kappa shape index (κ2) is 4.27. The van der Waals surface area contributed by atoms with Crippen molar-refractivity contribution in [3.05, 3.63) is 28.8 Å². The van der Waals surface area contributed by atoms with E-state index in [2.05, 4.69) is 22.8 Å². The van der Waals surface area contributed by atoms with Crippen molar-refractivity contribution in [3.8, 4) is 0 Å². The third kappa shape index (κ3) is 1.80. The van der Waals surface area contributed by atoms with E-state index in [1.165, 1.54) is 30.6 Å². The normalized spacial score (nSPS) is 28.6. The van der Waals surface area contributed by atoms with Crippen LogP contribution < -0.4 is 10.6 Å². The van der Waals surface area contributed by atoms with E-state index in [1.54, 1.807) is 0 Å². The summed E-state index contributed by atoms with van der Waals surface area (Å²) in [7, 11) is 0. The monoisotopic (exact) mass is 236 g/mol. The number of benzene rings is 1. The first-order chi connectivity index (χ1) is 7.84. The summed E-state index contributed by atoms with van der Waals surface area (Å²) in [4.78, 5) is 0. The van der Waals surface area contributed by atoms with Crippen molar-refractivity contribution in [2.45, 2.75) is 18.8 Å². The topological polar surface area (TPSA) is 24.1 Å². The summed E-state index contributed by atoms with van der Waals surface area (Å²) in [6, 6.07) is 6.24. The zero-order chi connectivity index (χ0) is 11.0. The Balaban J connectivity index is 1.94. The van der Waals surface area contributed by atoms with E-state index in [1.807, 2.05) is 6.07 Å². The van der Waals surface area contributed by atoms with Crippen molar-refractivity contribution >= 4 is 17.3 Å². The highest BCUT2D eigenvalue weighted by Crippen LogP contribution is 2.40. The molecule has 0 amide bonds. The van der Waals surface area contributed by atoms with Gasteiger partial charge in [0.1, 0.15) is 0 Å². The third-order valence-electron chi connectivity index (χ3n) is 3.85. The van der Waals surface area contributed by atoms with Crippen molar-refractivity contribution in [1.82, 2.24) is 5.32 Å². The van der Waals surface area contributed by atoms with Crippen LogP contribution in [0.5, 0.6) is 0 Å². The molecule has 0 bridgehead atoms. The average molecular weight is 237 g/mol. The van der Waals surface area contributed by atoms with Crippen LogP contribution in [0, 0.1) is 5.92 Å². The third-order valence-corrected chi connectivity index (χ3v) is 4.09. The van der Waals surface area contributed by atoms with Crippen LogP contribution in [0.15, 0.2) is 18.2 Å². The van der Waals surface area contributed by atoms with Crippen molar-refractivity contribution in [1.29, 1.82) is 0 Å². The fraction of sp³-hybridized carbons (Fsp3) is 0.538. The minimum Gasteiger partial charge on any atom is -0.385 e. The Hall–Kier alpha value is -0.730. The lowest BCUT2D eigenvalue weighted by Crippen LogP contribution is -2.24. The summed E-state index contributed by atoms with van der Waals surface area (Å²) in [5.41, 5.74) is 2.71. The maximum absolute atomic E-state index is 6.11. The van der Waals surface area contributed by atoms with Crippen LogP contribution in [0.2, 0.25) is 5.02 Å². The van der Waals surface area contributed by atoms with Crippen molar-refractivity contribution in [2.75, 3.05) is 25.0 Å². The molecular weight excluding hydrogens is 220 g/mol. The summed E-state index contributed by atoms with van der Waals surface area (Å²) in [6.07, 6.45) is 2.54. The Morgan fingerprint density at radius 3 is 2.94 bits per heavy atom. The maximum Gasteiger partial charge on any atom is 0.0410 e. The van der Waals surface area contributed by atoms with Crippen LogP contribution in [-0.2, 0) is 0 Å². The van der Waals surface area contributed by atoms with Crippen molar-refractivity contribution < 1.29 is 0 Å². The number of anilines is 1. The highest BCUT2D eigenvalue weighted by molar-refractivity contribution is 6.30. The molecule has 0 aromatic heterocycles. The van der Waals surface area contributed by atoms with Crippen molar-refractivity contribution in [2.24, 2.45) is 5.92 Å². The van der Waals surface area contributed by atoms with E-state index in [0.29, 0.717) is 5.92 Å². The average Bonchev–Trinajstić information content (AvgIpc) is 2.81. The molecule has 0 spiro atoms. The van der Waals surface area contributed by atoms with Gasteiger partial charge in [0.25, 0.3) is 0 Å². The molecule has 2 aliphatic heterocycles. The minimum atomic E-state index is 0.685. The Morgan fingerprint density at radius 1 is 1.19 bits per heavy atom. The number of hydrogen-bond donors (Lipinski definition) is 2. The number of hydrogen-bond acceptors (Lipinski definition) is 2. The zero-order valence-corrected chi connectivity index (χ0v) is 10.1. The summed E-state index contributed by atoms with van der Waals surface area (Å²) in [5.74, 6) is 1.48. The number of fused-ring (bicyclic) bond motifs is 1. The van der Waals surface area contributed by atoms with Crippen LogP contribution in [0.25, 0.3) is 0 Å². The van der Waals surface area contributed by atoms with Crippen LogP contribution >= 0.6 is 11.6 Å². The van der Waals surface area contributed by atoms with Crippen LogP contribution in [0.3, 0.4) is 0 Å². The summed E-state index contributed by atoms with van der Waals surface area (Å²) >= 11 is 6.11. The number of rotatable bonds is 1. The predicted octanol–water partition coefficient (Wildman–Crippen LogP) is 2.85. The molecule has 2 N–H and O–H groups in total. The minimum absolute atomic E-state index is 0.685. The predicted molar refractivity (Wildman–Crippen MR) is 68.3 cm³/mol. The quantitative estimate of drug-likeness (QED) is 0.784. The van der Waals surface area contributed by atoms with Crippen LogP contribution in [0.1, 0.15) is 24.3 Å². The Morgan fingerprint density at radius 2 is 2.12 bits per heavy atom. The van der Waals surface area contributed by atoms with Crippen LogP contribution in [-0.4, -0.2) is 19.6 Å². The van der Waals surface area contributed by atoms with Gasteiger partial charge >= 0.3 is 0 Å². The second-order valence-corrected chi connectivity index (χ2v) is 5.24. The fourth-order valence-corrected chi connectivity index (χ4v) is 3.21. The van der Waals surface area contributed by atoms with Gasteiger partial charge in [-0.15, -0.1) is 0 Å². The van der Waals surface area contributed by atoms with Crippen LogP contribution in [0.4, 0.5) is 5.69 Å². The Labute approximate surface area is 101 Å². The van der Waals surface area contributed by atoms with Gasteiger partial charge in [0.05, 0.1) is 0 Å². The summed E-state index contributed by atoms with van der Waals surface area (Å²) in [6.45, 7) is 3.43. The molecule has 2 atom stereocenters. The summed E-state index contributed by atoms with van der Waals surface area (Å²) < 4.78 is 0. The van der Waals surface area contributed by atoms with Gasteiger partial charge in [-0.1, -0.05) is 11.6 Å². The Kier molecular flexibility index (Phi) is 2.78. The van der Waals surface area contributed by atoms with Gasteiger partial charge in [-0.2, -0.15) is 0 Å². The smallest absolute Gasteiger partial charge is 0.0410 e. The van der Waals surface area contributed by atoms with Gasteiger partial charge in [-0.25, -0.2) is 0 Å². The van der Waals surface area contributed by atoms with E-state index >= 15 is 0 Å². The molecule has 1 aromatic carbocycles. The molecule has 0 saturated carbocycles. The molecule has 0 radical (unpaired) electrons. The first-order valence-corrected chi connectivity index (χ1v) is 6.46. The molecule has 86 valence electrons. The molecule has 1 saturated heterocycles. The second-order valence-electron chi connectivity index (χ2n) is 4.81. The molecule has 2 nitrogen and oxygen atoms in total. The van der Waals surface area contributed by atoms with Gasteiger partial charge in [-0.05, 0) is 61.5 Å². The molecule has 3 rings (SSSR count). The molecule has 2 aliphatic rings. The van der Waals surface area contributed by atoms with Crippen molar-refractivity contribution in [3.63, 3.8) is 0 Å². The molecule has 2 heterocycles. The molecular formula is C13H17ClN2. The lowest BCUT2D eigenvalue weighted by Gasteiger charge is -2.30. The largest absolute Gasteiger partial charge is 0.385 e. The lowest BCUT2D eigenvalue weighted by molar-refractivity contribution is 0.434. The van der Waals surface area contributed by atoms with Gasteiger partial charge in [0, 0.05) is 17.3 Å². The molecule has 0 aliphatic carbocycles. The van der Waals surface area contributed by atoms with Gasteiger partial charge < -0.3 is 10.6 Å². The van der Waals surface area contributed by atoms with E-state index in [0.717, 1.165) is 24.0 Å². The summed E-state index contributed by atoms with van der Waals surface area (Å²) in [5, 5.41) is 7.79. The number of nitrogens with one attached hydrogen (secondary N) is 2. The van der Waals surface area contributed by atoms with E-state index in [9.17, 15) is 0 Å². The molecule has 3 heteroatoms. The Bertz CT molecular complexity index is 386. The fourth-order valence-electron chi connectivity index (χ4n) is 3.03. The van der Waals surface area contributed by atoms with E-state index in [-0.39, 0.29) is 0 Å². The molecule has 1 aromatic rings. The highest BCUT2D eigenvalue weighted by atomic mass is 35.5. The standard InChI is InChI=1S/C13H17ClN2/c14-10-1-2-13-12(7-10)11(4-6-16-13)9-3-5-15-8-9/h1-2,7,9,11,15-16H,3-6,8H2. The first kappa shape index (κ1) is 10.4. The lowest BCUT2D eigenvalue weighted by atomic mass is 9.80. The van der Waals surface area contributed by atoms with Gasteiger partial charge in [-0.3, -0.25) is 0 Å². The zero-order valence-electron chi connectivity index (χ0n) is 9.30. The molecule has 1 fully saturated rings.